The lowest BCUT2D eigenvalue weighted by Crippen LogP contribution is -2.43. The molecule has 0 saturated carbocycles. The number of hydrogen-bond donors (Lipinski definition) is 3. The number of fused-ring (bicyclic) bond motifs is 1. The monoisotopic (exact) mass is 386 g/mol. The number of rotatable bonds is 3. The number of hydrogen-bond acceptors (Lipinski definition) is 7. The number of nitrogens with two attached hydrogens (primary N) is 2. The summed E-state index contributed by atoms with van der Waals surface area (Å²) in [6.07, 6.45) is 8.29. The first-order valence-corrected chi connectivity index (χ1v) is 8.96. The fraction of sp³-hybridized carbons (Fsp3) is 0.294. The number of nitrogens with zero attached hydrogens (tertiary/aromatic N) is 5. The number of piperidine rings is 1. The van der Waals surface area contributed by atoms with Gasteiger partial charge in [0.15, 0.2) is 11.5 Å². The van der Waals surface area contributed by atoms with Crippen LogP contribution in [-0.4, -0.2) is 44.6 Å². The zero-order chi connectivity index (χ0) is 19.0. The van der Waals surface area contributed by atoms with E-state index in [0.717, 1.165) is 31.6 Å². The van der Waals surface area contributed by atoms with Gasteiger partial charge in [-0.25, -0.2) is 9.50 Å². The Morgan fingerprint density at radius 3 is 3.04 bits per heavy atom. The molecule has 0 bridgehead atoms. The molecule has 4 rings (SSSR count). The maximum atomic E-state index is 12.9. The highest BCUT2D eigenvalue weighted by Crippen LogP contribution is 2.28. The number of anilines is 3. The number of nitrogens with one attached hydrogen (secondary N) is 1. The van der Waals surface area contributed by atoms with Crippen LogP contribution in [-0.2, 0) is 0 Å². The van der Waals surface area contributed by atoms with Crippen LogP contribution in [0.25, 0.3) is 5.65 Å². The van der Waals surface area contributed by atoms with Gasteiger partial charge in [0.1, 0.15) is 5.56 Å². The second-order valence-electron chi connectivity index (χ2n) is 6.50. The first-order chi connectivity index (χ1) is 13.0. The highest BCUT2D eigenvalue weighted by atomic mass is 35.5. The summed E-state index contributed by atoms with van der Waals surface area (Å²) >= 11 is 5.92. The number of carbonyl (C=O) groups is 1. The molecule has 1 aliphatic heterocycles. The number of pyridine rings is 1. The average molecular weight is 387 g/mol. The van der Waals surface area contributed by atoms with Crippen molar-refractivity contribution in [1.29, 1.82) is 0 Å². The van der Waals surface area contributed by atoms with E-state index in [4.69, 9.17) is 23.1 Å². The molecule has 27 heavy (non-hydrogen) atoms. The Balaban J connectivity index is 1.65. The normalized spacial score (nSPS) is 17.3. The van der Waals surface area contributed by atoms with E-state index in [-0.39, 0.29) is 17.4 Å². The van der Waals surface area contributed by atoms with Gasteiger partial charge in [-0.05, 0) is 18.9 Å². The molecule has 3 aromatic heterocycles. The number of amides is 1. The Kier molecular flexibility index (Phi) is 4.54. The molecule has 1 fully saturated rings. The van der Waals surface area contributed by atoms with Gasteiger partial charge in [0.25, 0.3) is 5.91 Å². The van der Waals surface area contributed by atoms with Crippen molar-refractivity contribution in [2.45, 2.75) is 18.9 Å². The lowest BCUT2D eigenvalue weighted by molar-refractivity contribution is 0.102. The first kappa shape index (κ1) is 17.5. The molecule has 1 aliphatic rings. The topological polar surface area (TPSA) is 127 Å². The summed E-state index contributed by atoms with van der Waals surface area (Å²) < 4.78 is 1.39. The summed E-state index contributed by atoms with van der Waals surface area (Å²) in [5, 5.41) is 7.38. The predicted octanol–water partition coefficient (Wildman–Crippen LogP) is 1.54. The third-order valence-corrected chi connectivity index (χ3v) is 4.74. The molecule has 0 aromatic carbocycles. The molecule has 0 radical (unpaired) electrons. The number of carbonyl (C=O) groups excluding carboxylic acids is 1. The zero-order valence-electron chi connectivity index (χ0n) is 14.5. The van der Waals surface area contributed by atoms with Crippen LogP contribution in [0.5, 0.6) is 0 Å². The minimum absolute atomic E-state index is 0.0766. The van der Waals surface area contributed by atoms with Gasteiger partial charge in [-0.1, -0.05) is 11.6 Å². The van der Waals surface area contributed by atoms with E-state index < -0.39 is 5.91 Å². The average Bonchev–Trinajstić information content (AvgIpc) is 2.97. The van der Waals surface area contributed by atoms with Crippen molar-refractivity contribution < 1.29 is 4.79 Å². The van der Waals surface area contributed by atoms with Gasteiger partial charge >= 0.3 is 0 Å². The van der Waals surface area contributed by atoms with Gasteiger partial charge in [0.2, 0.25) is 0 Å². The van der Waals surface area contributed by atoms with Crippen LogP contribution in [0.1, 0.15) is 23.2 Å². The Bertz CT molecular complexity index is 1000. The molecule has 0 aliphatic carbocycles. The summed E-state index contributed by atoms with van der Waals surface area (Å²) in [5.74, 6) is -0.333. The minimum atomic E-state index is -0.409. The minimum Gasteiger partial charge on any atom is -0.381 e. The maximum Gasteiger partial charge on any atom is 0.263 e. The van der Waals surface area contributed by atoms with Crippen molar-refractivity contribution in [3.63, 3.8) is 0 Å². The van der Waals surface area contributed by atoms with Crippen molar-refractivity contribution in [3.8, 4) is 0 Å². The van der Waals surface area contributed by atoms with Gasteiger partial charge in [0.05, 0.1) is 28.8 Å². The highest BCUT2D eigenvalue weighted by Gasteiger charge is 2.23. The largest absolute Gasteiger partial charge is 0.381 e. The molecule has 1 atom stereocenters. The van der Waals surface area contributed by atoms with E-state index in [2.05, 4.69) is 25.3 Å². The summed E-state index contributed by atoms with van der Waals surface area (Å²) in [4.78, 5) is 23.4. The molecule has 1 amide bonds. The number of aromatic nitrogens is 4. The van der Waals surface area contributed by atoms with Crippen LogP contribution in [0.3, 0.4) is 0 Å². The van der Waals surface area contributed by atoms with E-state index in [1.807, 2.05) is 6.07 Å². The third-order valence-electron chi connectivity index (χ3n) is 4.54. The van der Waals surface area contributed by atoms with Gasteiger partial charge in [0, 0.05) is 31.5 Å². The Morgan fingerprint density at radius 1 is 1.37 bits per heavy atom. The van der Waals surface area contributed by atoms with Crippen LogP contribution in [0.4, 0.5) is 17.2 Å². The van der Waals surface area contributed by atoms with Crippen LogP contribution in [0.2, 0.25) is 5.02 Å². The number of halogens is 1. The fourth-order valence-corrected chi connectivity index (χ4v) is 3.46. The van der Waals surface area contributed by atoms with Crippen LogP contribution in [0, 0.1) is 0 Å². The molecule has 140 valence electrons. The summed E-state index contributed by atoms with van der Waals surface area (Å²) in [6, 6.07) is 1.98. The van der Waals surface area contributed by atoms with Crippen LogP contribution in [0.15, 0.2) is 30.9 Å². The van der Waals surface area contributed by atoms with Gasteiger partial charge < -0.3 is 21.7 Å². The SMILES string of the molecule is Nc1nn2cc(Cl)cnc2c1C(=O)Nc1cnccc1N1CCCC(N)C1. The van der Waals surface area contributed by atoms with Crippen molar-refractivity contribution in [1.82, 2.24) is 19.6 Å². The summed E-state index contributed by atoms with van der Waals surface area (Å²) in [7, 11) is 0. The van der Waals surface area contributed by atoms with Crippen LogP contribution >= 0.6 is 11.6 Å². The lowest BCUT2D eigenvalue weighted by atomic mass is 10.1. The molecule has 1 unspecified atom stereocenters. The Morgan fingerprint density at radius 2 is 2.22 bits per heavy atom. The van der Waals surface area contributed by atoms with E-state index >= 15 is 0 Å². The van der Waals surface area contributed by atoms with E-state index in [1.165, 1.54) is 10.7 Å². The lowest BCUT2D eigenvalue weighted by Gasteiger charge is -2.33. The highest BCUT2D eigenvalue weighted by molar-refractivity contribution is 6.30. The summed E-state index contributed by atoms with van der Waals surface area (Å²) in [6.45, 7) is 1.60. The molecular formula is C17H19ClN8O. The number of nitrogen functional groups attached to an aromatic ring is 1. The zero-order valence-corrected chi connectivity index (χ0v) is 15.2. The first-order valence-electron chi connectivity index (χ1n) is 8.58. The standard InChI is InChI=1S/C17H19ClN8O/c18-10-6-22-16-14(15(20)24-26(16)8-10)17(27)23-12-7-21-4-3-13(12)25-5-1-2-11(19)9-25/h3-4,6-8,11H,1-2,5,9,19H2,(H2,20,24)(H,23,27). The van der Waals surface area contributed by atoms with E-state index in [9.17, 15) is 4.79 Å². The van der Waals surface area contributed by atoms with E-state index in [0.29, 0.717) is 16.4 Å². The molecule has 3 aromatic rings. The third kappa shape index (κ3) is 3.38. The van der Waals surface area contributed by atoms with Crippen molar-refractivity contribution >= 4 is 40.3 Å². The molecule has 0 spiro atoms. The van der Waals surface area contributed by atoms with Gasteiger partial charge in [-0.2, -0.15) is 0 Å². The Hall–Kier alpha value is -2.91. The molecule has 9 nitrogen and oxygen atoms in total. The molecule has 4 heterocycles. The molecular weight excluding hydrogens is 368 g/mol. The van der Waals surface area contributed by atoms with Gasteiger partial charge in [-0.3, -0.25) is 9.78 Å². The maximum absolute atomic E-state index is 12.9. The van der Waals surface area contributed by atoms with Crippen LogP contribution < -0.4 is 21.7 Å². The molecule has 10 heteroatoms. The van der Waals surface area contributed by atoms with Gasteiger partial charge in [-0.15, -0.1) is 5.10 Å². The van der Waals surface area contributed by atoms with E-state index in [1.54, 1.807) is 18.6 Å². The van der Waals surface area contributed by atoms with Crippen molar-refractivity contribution in [3.05, 3.63) is 41.4 Å². The molecule has 1 saturated heterocycles. The molecule has 5 N–H and O–H groups in total. The second-order valence-corrected chi connectivity index (χ2v) is 6.93. The second kappa shape index (κ2) is 7.01. The predicted molar refractivity (Wildman–Crippen MR) is 104 cm³/mol. The quantitative estimate of drug-likeness (QED) is 0.622. The smallest absolute Gasteiger partial charge is 0.263 e. The summed E-state index contributed by atoms with van der Waals surface area (Å²) in [5.41, 5.74) is 14.0. The fourth-order valence-electron chi connectivity index (χ4n) is 3.32. The Labute approximate surface area is 160 Å². The van der Waals surface area contributed by atoms with Crippen molar-refractivity contribution in [2.75, 3.05) is 29.0 Å². The van der Waals surface area contributed by atoms with Crippen molar-refractivity contribution in [2.24, 2.45) is 5.73 Å².